The predicted molar refractivity (Wildman–Crippen MR) is 20.2 cm³/mol. The van der Waals surface area contributed by atoms with E-state index in [4.69, 9.17) is 55.9 Å². The van der Waals surface area contributed by atoms with Crippen molar-refractivity contribution < 1.29 is 109 Å². The third kappa shape index (κ3) is 5170. The van der Waals surface area contributed by atoms with Gasteiger partial charge in [-0.2, -0.15) is 0 Å². The van der Waals surface area contributed by atoms with E-state index in [0.717, 1.165) is 0 Å². The molecule has 8 N–H and O–H groups in total. The molecule has 0 spiro atoms. The summed E-state index contributed by atoms with van der Waals surface area (Å²) in [5, 5.41) is 0. The molecule has 0 rings (SSSR count). The third-order valence-corrected chi connectivity index (χ3v) is 0. The van der Waals surface area contributed by atoms with Gasteiger partial charge in [0.2, 0.25) is 0 Å². The second-order valence-electron chi connectivity index (χ2n) is 1.13. The first kappa shape index (κ1) is 49.7. The van der Waals surface area contributed by atoms with Gasteiger partial charge >= 0.3 is 25.8 Å². The van der Waals surface area contributed by atoms with E-state index in [0.29, 0.717) is 0 Å². The molecule has 0 aliphatic heterocycles. The number of halogens is 3. The summed E-state index contributed by atoms with van der Waals surface area (Å²) < 4.78 is 102. The fraction of sp³-hybridized carbons (Fsp3) is 0. The summed E-state index contributed by atoms with van der Waals surface area (Å²) in [5.74, 6) is 0. The number of hydrogen-bond donors (Lipinski definition) is 0. The second kappa shape index (κ2) is 20.1. The Kier molecular flexibility index (Phi) is 49.9. The van der Waals surface area contributed by atoms with Gasteiger partial charge in [0.25, 0.3) is 0 Å². The molecule has 0 unspecified atom stereocenters. The molecule has 0 aromatic carbocycles. The normalized spacial score (nSPS) is 9.00. The van der Waals surface area contributed by atoms with Gasteiger partial charge < -0.3 is 21.9 Å². The first-order valence-electron chi connectivity index (χ1n) is 1.85. The van der Waals surface area contributed by atoms with E-state index in [1.807, 2.05) is 0 Å². The summed E-state index contributed by atoms with van der Waals surface area (Å²) in [7, 11) is -14.8. The van der Waals surface area contributed by atoms with Crippen LogP contribution in [0.3, 0.4) is 0 Å². The van der Waals surface area contributed by atoms with Crippen LogP contribution >= 0.6 is 0 Å². The van der Waals surface area contributed by atoms with E-state index in [1.165, 1.54) is 0 Å². The molecule has 20 heteroatoms. The third-order valence-electron chi connectivity index (χ3n) is 0. The topological polar surface area (TPSA) is 403 Å². The number of hydrogen-bond acceptors (Lipinski definition) is 12. The minimum Gasteiger partial charge on any atom is -0.412 e. The van der Waals surface area contributed by atoms with Gasteiger partial charge in [-0.25, -0.2) is 55.9 Å². The van der Waals surface area contributed by atoms with Gasteiger partial charge in [0.1, 0.15) is 0 Å². The van der Waals surface area contributed by atoms with Gasteiger partial charge in [-0.3, -0.25) is 0 Å². The van der Waals surface area contributed by atoms with Crippen LogP contribution in [0.25, 0.3) is 0 Å². The molecule has 0 aromatic rings. The van der Waals surface area contributed by atoms with Crippen LogP contribution in [0.15, 0.2) is 0 Å². The van der Waals surface area contributed by atoms with Crippen molar-refractivity contribution in [2.75, 3.05) is 0 Å². The van der Waals surface area contributed by atoms with E-state index in [1.54, 1.807) is 0 Å². The zero-order chi connectivity index (χ0) is 13.5. The fourth-order valence-corrected chi connectivity index (χ4v) is 0. The Balaban J connectivity index is -0.0000000160. The van der Waals surface area contributed by atoms with Crippen molar-refractivity contribution in [2.45, 2.75) is 0 Å². The molecular formula is H8Cl3InO16. The van der Waals surface area contributed by atoms with Crippen LogP contribution in [0, 0.1) is 30.7 Å². The van der Waals surface area contributed by atoms with E-state index in [9.17, 15) is 0 Å². The Morgan fingerprint density at radius 2 is 0.300 bits per heavy atom. The summed E-state index contributed by atoms with van der Waals surface area (Å²) in [4.78, 5) is 0. The van der Waals surface area contributed by atoms with Gasteiger partial charge in [0.15, 0.2) is 0 Å². The van der Waals surface area contributed by atoms with Crippen LogP contribution in [0.4, 0.5) is 0 Å². The molecule has 0 aliphatic rings. The predicted octanol–water partition coefficient (Wildman–Crippen LogP) is -17.9. The zero-order valence-corrected chi connectivity index (χ0v) is 14.2. The smallest absolute Gasteiger partial charge is 0.412 e. The Hall–Kier alpha value is 1.10. The molecular weight excluding hydrogens is 477 g/mol. The SMILES string of the molecule is O.O.O.O.[In+3].[O-][Cl+3]([O-])([O-])[O-].[O-][Cl+3]([O-])([O-])[O-].[O-][Cl+3]([O-])([O-])[O-]. The molecule has 128 valence electrons. The molecule has 0 saturated carbocycles. The molecule has 16 nitrogen and oxygen atoms in total. The molecule has 0 aliphatic carbocycles. The maximum Gasteiger partial charge on any atom is 3.00 e. The van der Waals surface area contributed by atoms with Crippen molar-refractivity contribution in [3.05, 3.63) is 0 Å². The van der Waals surface area contributed by atoms with Crippen molar-refractivity contribution in [1.29, 1.82) is 0 Å². The van der Waals surface area contributed by atoms with Gasteiger partial charge in [-0.1, -0.05) is 0 Å². The molecule has 0 saturated heterocycles. The van der Waals surface area contributed by atoms with Crippen LogP contribution in [0.1, 0.15) is 0 Å². The van der Waals surface area contributed by atoms with Crippen molar-refractivity contribution in [3.63, 3.8) is 0 Å². The maximum absolute atomic E-state index is 8.49. The molecule has 0 bridgehead atoms. The monoisotopic (exact) mass is 484 g/mol. The van der Waals surface area contributed by atoms with E-state index in [-0.39, 0.29) is 47.7 Å². The van der Waals surface area contributed by atoms with E-state index >= 15 is 0 Å². The second-order valence-corrected chi connectivity index (χ2v) is 3.40. The summed E-state index contributed by atoms with van der Waals surface area (Å²) >= 11 is 0. The average molecular weight is 485 g/mol. The van der Waals surface area contributed by atoms with Crippen molar-refractivity contribution in [3.8, 4) is 0 Å². The summed E-state index contributed by atoms with van der Waals surface area (Å²) in [6.45, 7) is 0. The van der Waals surface area contributed by atoms with Gasteiger partial charge in [0, 0.05) is 0 Å². The quantitative estimate of drug-likeness (QED) is 0.308. The molecule has 0 atom stereocenters. The van der Waals surface area contributed by atoms with Crippen LogP contribution in [0.2, 0.25) is 0 Å². The molecule has 20 heavy (non-hydrogen) atoms. The molecule has 0 fully saturated rings. The van der Waals surface area contributed by atoms with Crippen LogP contribution in [0.5, 0.6) is 0 Å². The van der Waals surface area contributed by atoms with Crippen molar-refractivity contribution in [1.82, 2.24) is 0 Å². The van der Waals surface area contributed by atoms with Crippen molar-refractivity contribution in [2.24, 2.45) is 0 Å². The molecule has 0 heterocycles. The molecule has 0 amide bonds. The van der Waals surface area contributed by atoms with Gasteiger partial charge in [0.05, 0.1) is 0 Å². The Labute approximate surface area is 134 Å². The van der Waals surface area contributed by atoms with Gasteiger partial charge in [-0.15, -0.1) is 30.7 Å². The van der Waals surface area contributed by atoms with Crippen LogP contribution in [-0.4, -0.2) is 47.7 Å². The Bertz CT molecular complexity index is 92.7. The Morgan fingerprint density at radius 1 is 0.300 bits per heavy atom. The summed E-state index contributed by atoms with van der Waals surface area (Å²) in [5.41, 5.74) is 0. The Morgan fingerprint density at radius 3 is 0.300 bits per heavy atom. The number of rotatable bonds is 0. The average Bonchev–Trinajstić information content (AvgIpc) is 1.41. The minimum atomic E-state index is -4.94. The van der Waals surface area contributed by atoms with E-state index in [2.05, 4.69) is 0 Å². The standard InChI is InChI=1S/3ClHO4.In.4H2O/c3*2-1(3,4)5;;;;;/h3*(H,2,3,4,5);;4*1H2/q;;;+3;;;;/p-3. The van der Waals surface area contributed by atoms with Crippen LogP contribution in [-0.2, 0) is 0 Å². The summed E-state index contributed by atoms with van der Waals surface area (Å²) in [6, 6.07) is 0. The zero-order valence-electron chi connectivity index (χ0n) is 8.61. The largest absolute Gasteiger partial charge is 3.00 e. The molecule has 0 aromatic heterocycles. The summed E-state index contributed by atoms with van der Waals surface area (Å²) in [6.07, 6.45) is 0. The van der Waals surface area contributed by atoms with Gasteiger partial charge in [-0.05, 0) is 0 Å². The fourth-order valence-electron chi connectivity index (χ4n) is 0. The first-order valence-corrected chi connectivity index (χ1v) is 5.55. The van der Waals surface area contributed by atoms with E-state index < -0.39 is 30.7 Å². The maximum atomic E-state index is 8.49. The van der Waals surface area contributed by atoms with Crippen LogP contribution < -0.4 is 55.9 Å². The van der Waals surface area contributed by atoms with Crippen molar-refractivity contribution >= 4 is 25.8 Å². The minimum absolute atomic E-state index is 0. The molecule has 0 radical (unpaired) electrons. The first-order chi connectivity index (χ1) is 6.00.